The molecule has 0 aliphatic rings. The van der Waals surface area contributed by atoms with Crippen molar-refractivity contribution < 1.29 is 21.6 Å². The molecule has 1 rings (SSSR count). The number of amides is 2. The Kier molecular flexibility index (Phi) is 5.12. The largest absolute Gasteiger partial charge is 0.336 e. The molecule has 0 aliphatic carbocycles. The van der Waals surface area contributed by atoms with Crippen molar-refractivity contribution in [3.63, 3.8) is 0 Å². The number of sulfonamides is 1. The third kappa shape index (κ3) is 5.57. The summed E-state index contributed by atoms with van der Waals surface area (Å²) in [7, 11) is -7.17. The molecule has 1 aromatic carbocycles. The molecular weight excluding hydrogens is 304 g/mol. The number of hydrogen-bond acceptors (Lipinski definition) is 5. The summed E-state index contributed by atoms with van der Waals surface area (Å²) >= 11 is 0. The molecule has 0 saturated heterocycles. The van der Waals surface area contributed by atoms with Crippen LogP contribution >= 0.6 is 0 Å². The SMILES string of the molecule is Cc1ccc(S(=O)(=O)NC(=O)NCCS(C)(=O)=O)cc1. The van der Waals surface area contributed by atoms with Gasteiger partial charge in [0.15, 0.2) is 0 Å². The second kappa shape index (κ2) is 6.23. The van der Waals surface area contributed by atoms with Crippen molar-refractivity contribution >= 4 is 25.9 Å². The summed E-state index contributed by atoms with van der Waals surface area (Å²) in [6.07, 6.45) is 1.02. The van der Waals surface area contributed by atoms with Gasteiger partial charge in [0, 0.05) is 12.8 Å². The number of hydrogen-bond donors (Lipinski definition) is 2. The Hall–Kier alpha value is -1.61. The van der Waals surface area contributed by atoms with Crippen LogP contribution in [0.3, 0.4) is 0 Å². The predicted octanol–water partition coefficient (Wildman–Crippen LogP) is 0.0275. The van der Waals surface area contributed by atoms with Gasteiger partial charge >= 0.3 is 6.03 Å². The number of rotatable bonds is 5. The minimum atomic E-state index is -3.95. The molecule has 0 atom stereocenters. The summed E-state index contributed by atoms with van der Waals surface area (Å²) in [4.78, 5) is 11.3. The molecule has 1 aromatic rings. The van der Waals surface area contributed by atoms with Gasteiger partial charge < -0.3 is 5.32 Å². The van der Waals surface area contributed by atoms with E-state index in [9.17, 15) is 21.6 Å². The van der Waals surface area contributed by atoms with Gasteiger partial charge in [-0.1, -0.05) is 17.7 Å². The standard InChI is InChI=1S/C11H16N2O5S2/c1-9-3-5-10(6-4-9)20(17,18)13-11(14)12-7-8-19(2,15)16/h3-6H,7-8H2,1-2H3,(H2,12,13,14). The molecule has 0 unspecified atom stereocenters. The zero-order chi connectivity index (χ0) is 15.4. The number of carbonyl (C=O) groups excluding carboxylic acids is 1. The first-order valence-electron chi connectivity index (χ1n) is 5.65. The van der Waals surface area contributed by atoms with Crippen LogP contribution in [0.25, 0.3) is 0 Å². The van der Waals surface area contributed by atoms with Gasteiger partial charge in [0.1, 0.15) is 9.84 Å². The maximum Gasteiger partial charge on any atom is 0.328 e. The summed E-state index contributed by atoms with van der Waals surface area (Å²) in [5.74, 6) is -0.259. The Labute approximate surface area is 118 Å². The number of benzene rings is 1. The molecule has 0 aliphatic heterocycles. The molecule has 9 heteroatoms. The van der Waals surface area contributed by atoms with Crippen molar-refractivity contribution in [3.05, 3.63) is 29.8 Å². The lowest BCUT2D eigenvalue weighted by Crippen LogP contribution is -2.41. The Morgan fingerprint density at radius 1 is 1.10 bits per heavy atom. The lowest BCUT2D eigenvalue weighted by atomic mass is 10.2. The van der Waals surface area contributed by atoms with Gasteiger partial charge in [0.2, 0.25) is 0 Å². The Balaban J connectivity index is 2.63. The summed E-state index contributed by atoms with van der Waals surface area (Å²) in [5.41, 5.74) is 0.890. The highest BCUT2D eigenvalue weighted by Gasteiger charge is 2.17. The molecule has 0 heterocycles. The highest BCUT2D eigenvalue weighted by atomic mass is 32.2. The Morgan fingerprint density at radius 3 is 2.15 bits per heavy atom. The number of aryl methyl sites for hydroxylation is 1. The third-order valence-corrected chi connectivity index (χ3v) is 4.61. The molecule has 2 amide bonds. The Morgan fingerprint density at radius 2 is 1.65 bits per heavy atom. The molecule has 2 N–H and O–H groups in total. The van der Waals surface area contributed by atoms with Crippen LogP contribution in [0.15, 0.2) is 29.2 Å². The van der Waals surface area contributed by atoms with Gasteiger partial charge in [-0.3, -0.25) is 0 Å². The highest BCUT2D eigenvalue weighted by Crippen LogP contribution is 2.09. The van der Waals surface area contributed by atoms with E-state index >= 15 is 0 Å². The van der Waals surface area contributed by atoms with Crippen LogP contribution in [0.1, 0.15) is 5.56 Å². The van der Waals surface area contributed by atoms with E-state index in [1.54, 1.807) is 16.9 Å². The lowest BCUT2D eigenvalue weighted by molar-refractivity contribution is 0.246. The van der Waals surface area contributed by atoms with Crippen molar-refractivity contribution in [2.75, 3.05) is 18.6 Å². The van der Waals surface area contributed by atoms with E-state index in [0.717, 1.165) is 11.8 Å². The van der Waals surface area contributed by atoms with E-state index in [-0.39, 0.29) is 17.2 Å². The summed E-state index contributed by atoms with van der Waals surface area (Å²) in [6, 6.07) is 5.00. The second-order valence-electron chi connectivity index (χ2n) is 4.30. The smallest absolute Gasteiger partial charge is 0.328 e. The first-order valence-corrected chi connectivity index (χ1v) is 9.19. The topological polar surface area (TPSA) is 109 Å². The van der Waals surface area contributed by atoms with Gasteiger partial charge in [-0.2, -0.15) is 0 Å². The maximum atomic E-state index is 11.8. The van der Waals surface area contributed by atoms with E-state index in [1.165, 1.54) is 12.1 Å². The molecule has 0 aromatic heterocycles. The molecule has 0 radical (unpaired) electrons. The highest BCUT2D eigenvalue weighted by molar-refractivity contribution is 7.90. The van der Waals surface area contributed by atoms with E-state index in [0.29, 0.717) is 0 Å². The van der Waals surface area contributed by atoms with Crippen LogP contribution in [-0.4, -0.2) is 41.4 Å². The average molecular weight is 320 g/mol. The first kappa shape index (κ1) is 16.4. The molecule has 7 nitrogen and oxygen atoms in total. The van der Waals surface area contributed by atoms with Gasteiger partial charge in [0.05, 0.1) is 10.6 Å². The first-order chi connectivity index (χ1) is 9.10. The van der Waals surface area contributed by atoms with E-state index < -0.39 is 25.9 Å². The average Bonchev–Trinajstić information content (AvgIpc) is 2.26. The fraction of sp³-hybridized carbons (Fsp3) is 0.364. The zero-order valence-electron chi connectivity index (χ0n) is 11.1. The summed E-state index contributed by atoms with van der Waals surface area (Å²) < 4.78 is 47.2. The van der Waals surface area contributed by atoms with Crippen LogP contribution in [0.2, 0.25) is 0 Å². The molecular formula is C11H16N2O5S2. The predicted molar refractivity (Wildman–Crippen MR) is 74.6 cm³/mol. The van der Waals surface area contributed by atoms with Gasteiger partial charge in [-0.25, -0.2) is 26.4 Å². The molecule has 20 heavy (non-hydrogen) atoms. The van der Waals surface area contributed by atoms with E-state index in [2.05, 4.69) is 5.32 Å². The zero-order valence-corrected chi connectivity index (χ0v) is 12.7. The van der Waals surface area contributed by atoms with Gasteiger partial charge in [0.25, 0.3) is 10.0 Å². The molecule has 0 saturated carbocycles. The number of carbonyl (C=O) groups is 1. The van der Waals surface area contributed by atoms with Crippen LogP contribution in [0.4, 0.5) is 4.79 Å². The van der Waals surface area contributed by atoms with Crippen molar-refractivity contribution in [3.8, 4) is 0 Å². The molecule has 0 spiro atoms. The fourth-order valence-electron chi connectivity index (χ4n) is 1.28. The monoisotopic (exact) mass is 320 g/mol. The van der Waals surface area contributed by atoms with Crippen LogP contribution in [0.5, 0.6) is 0 Å². The maximum absolute atomic E-state index is 11.8. The number of urea groups is 1. The summed E-state index contributed by atoms with van der Waals surface area (Å²) in [6.45, 7) is 1.65. The second-order valence-corrected chi connectivity index (χ2v) is 8.25. The van der Waals surface area contributed by atoms with Gasteiger partial charge in [-0.15, -0.1) is 0 Å². The molecule has 0 fully saturated rings. The van der Waals surface area contributed by atoms with Crippen LogP contribution < -0.4 is 10.0 Å². The minimum Gasteiger partial charge on any atom is -0.336 e. The van der Waals surface area contributed by atoms with E-state index in [1.807, 2.05) is 6.92 Å². The summed E-state index contributed by atoms with van der Waals surface area (Å²) in [5, 5.41) is 2.17. The van der Waals surface area contributed by atoms with Crippen LogP contribution in [-0.2, 0) is 19.9 Å². The Bertz CT molecular complexity index is 678. The molecule has 0 bridgehead atoms. The van der Waals surface area contributed by atoms with Gasteiger partial charge in [-0.05, 0) is 19.1 Å². The number of sulfone groups is 1. The normalized spacial score (nSPS) is 11.9. The fourth-order valence-corrected chi connectivity index (χ4v) is 2.69. The van der Waals surface area contributed by atoms with Crippen molar-refractivity contribution in [2.45, 2.75) is 11.8 Å². The van der Waals surface area contributed by atoms with Crippen molar-refractivity contribution in [2.24, 2.45) is 0 Å². The van der Waals surface area contributed by atoms with E-state index in [4.69, 9.17) is 0 Å². The van der Waals surface area contributed by atoms with Crippen LogP contribution in [0, 0.1) is 6.92 Å². The number of nitrogens with one attached hydrogen (secondary N) is 2. The van der Waals surface area contributed by atoms with Crippen molar-refractivity contribution in [1.29, 1.82) is 0 Å². The third-order valence-electron chi connectivity index (χ3n) is 2.32. The lowest BCUT2D eigenvalue weighted by Gasteiger charge is -2.08. The van der Waals surface area contributed by atoms with Crippen molar-refractivity contribution in [1.82, 2.24) is 10.0 Å². The minimum absolute atomic E-state index is 0.0404. The molecule has 112 valence electrons. The quantitative estimate of drug-likeness (QED) is 0.795.